The number of nitrogens with two attached hydrogens (primary N) is 1. The molecule has 0 bridgehead atoms. The maximum absolute atomic E-state index is 12.8. The number of nitrogens with one attached hydrogen (secondary N) is 1. The first-order valence-corrected chi connectivity index (χ1v) is 5.99. The lowest BCUT2D eigenvalue weighted by molar-refractivity contribution is 0.621. The third kappa shape index (κ3) is 1.84. The molecule has 18 heavy (non-hydrogen) atoms. The van der Waals surface area contributed by atoms with Crippen LogP contribution in [0.5, 0.6) is 0 Å². The van der Waals surface area contributed by atoms with Crippen molar-refractivity contribution in [3.63, 3.8) is 0 Å². The molecule has 3 N–H and O–H groups in total. The summed E-state index contributed by atoms with van der Waals surface area (Å²) in [5.74, 6) is 0.187. The van der Waals surface area contributed by atoms with Crippen molar-refractivity contribution in [3.8, 4) is 11.5 Å². The van der Waals surface area contributed by atoms with Gasteiger partial charge in [0.15, 0.2) is 5.82 Å². The molecule has 90 valence electrons. The Morgan fingerprint density at radius 3 is 2.83 bits per heavy atom. The molecule has 0 spiro atoms. The molecule has 3 rings (SSSR count). The van der Waals surface area contributed by atoms with E-state index in [1.807, 2.05) is 6.07 Å². The van der Waals surface area contributed by atoms with Gasteiger partial charge in [-0.3, -0.25) is 0 Å². The number of rotatable bonds is 1. The van der Waals surface area contributed by atoms with Gasteiger partial charge in [-0.2, -0.15) is 0 Å². The lowest BCUT2D eigenvalue weighted by Gasteiger charge is -1.94. The molecule has 3 aromatic rings. The van der Waals surface area contributed by atoms with Crippen molar-refractivity contribution in [2.45, 2.75) is 0 Å². The van der Waals surface area contributed by atoms with Crippen LogP contribution in [0.3, 0.4) is 0 Å². The molecule has 2 heterocycles. The topological polar surface area (TPSA) is 67.6 Å². The van der Waals surface area contributed by atoms with Crippen LogP contribution in [0.1, 0.15) is 0 Å². The van der Waals surface area contributed by atoms with Gasteiger partial charge in [-0.05, 0) is 24.3 Å². The van der Waals surface area contributed by atoms with Gasteiger partial charge in [-0.15, -0.1) is 0 Å². The minimum atomic E-state index is -0.378. The van der Waals surface area contributed by atoms with E-state index in [-0.39, 0.29) is 5.82 Å². The number of imidazole rings is 1. The minimum Gasteiger partial charge on any atom is -0.397 e. The van der Waals surface area contributed by atoms with Gasteiger partial charge in [-0.1, -0.05) is 15.9 Å². The van der Waals surface area contributed by atoms with E-state index in [4.69, 9.17) is 5.73 Å². The number of nitrogen functional groups attached to an aromatic ring is 1. The quantitative estimate of drug-likeness (QED) is 0.679. The maximum atomic E-state index is 12.8. The van der Waals surface area contributed by atoms with Crippen LogP contribution in [0.15, 0.2) is 34.9 Å². The van der Waals surface area contributed by atoms with Crippen molar-refractivity contribution in [1.29, 1.82) is 0 Å². The van der Waals surface area contributed by atoms with Gasteiger partial charge in [0.25, 0.3) is 0 Å². The lowest BCUT2D eigenvalue weighted by atomic mass is 10.3. The molecule has 0 atom stereocenters. The van der Waals surface area contributed by atoms with E-state index in [2.05, 4.69) is 30.9 Å². The van der Waals surface area contributed by atoms with Crippen LogP contribution in [0, 0.1) is 5.82 Å². The molecule has 0 saturated carbocycles. The van der Waals surface area contributed by atoms with Crippen molar-refractivity contribution in [1.82, 2.24) is 15.0 Å². The summed E-state index contributed by atoms with van der Waals surface area (Å²) in [6.07, 6.45) is 1.15. The smallest absolute Gasteiger partial charge is 0.157 e. The number of aromatic amines is 1. The van der Waals surface area contributed by atoms with Crippen molar-refractivity contribution in [2.75, 3.05) is 5.73 Å². The Bertz CT molecular complexity index is 721. The molecular formula is C12H8BrFN4. The number of fused-ring (bicyclic) bond motifs is 1. The molecule has 0 amide bonds. The Kier molecular flexibility index (Phi) is 2.52. The van der Waals surface area contributed by atoms with E-state index in [1.165, 1.54) is 6.07 Å². The fraction of sp³-hybridized carbons (Fsp3) is 0. The summed E-state index contributed by atoms with van der Waals surface area (Å²) in [6.45, 7) is 0. The summed E-state index contributed by atoms with van der Waals surface area (Å²) in [5.41, 5.74) is 8.51. The van der Waals surface area contributed by atoms with Gasteiger partial charge in [0.2, 0.25) is 0 Å². The van der Waals surface area contributed by atoms with Gasteiger partial charge < -0.3 is 10.7 Å². The zero-order valence-corrected chi connectivity index (χ0v) is 10.7. The van der Waals surface area contributed by atoms with E-state index >= 15 is 0 Å². The molecule has 0 aliphatic heterocycles. The van der Waals surface area contributed by atoms with E-state index in [1.54, 1.807) is 12.1 Å². The number of nitrogens with zero attached hydrogens (tertiary/aromatic N) is 2. The second-order valence-corrected chi connectivity index (χ2v) is 4.75. The molecule has 0 unspecified atom stereocenters. The van der Waals surface area contributed by atoms with Crippen molar-refractivity contribution >= 4 is 32.7 Å². The van der Waals surface area contributed by atoms with Crippen LogP contribution in [-0.4, -0.2) is 15.0 Å². The molecule has 2 aromatic heterocycles. The number of hydrogen-bond acceptors (Lipinski definition) is 3. The van der Waals surface area contributed by atoms with Crippen molar-refractivity contribution in [2.24, 2.45) is 0 Å². The number of hydrogen-bond donors (Lipinski definition) is 2. The number of halogens is 2. The Morgan fingerprint density at radius 2 is 2.11 bits per heavy atom. The highest BCUT2D eigenvalue weighted by atomic mass is 79.9. The number of H-pyrrole nitrogens is 1. The van der Waals surface area contributed by atoms with Gasteiger partial charge in [0.1, 0.15) is 17.0 Å². The van der Waals surface area contributed by atoms with E-state index in [0.717, 1.165) is 16.2 Å². The average Bonchev–Trinajstić information content (AvgIpc) is 2.74. The number of pyridine rings is 1. The summed E-state index contributed by atoms with van der Waals surface area (Å²) >= 11 is 3.37. The zero-order valence-electron chi connectivity index (χ0n) is 9.11. The predicted molar refractivity (Wildman–Crippen MR) is 71.4 cm³/mol. The highest BCUT2D eigenvalue weighted by Crippen LogP contribution is 2.26. The zero-order chi connectivity index (χ0) is 12.7. The fourth-order valence-corrected chi connectivity index (χ4v) is 2.22. The molecule has 0 saturated heterocycles. The molecule has 6 heteroatoms. The van der Waals surface area contributed by atoms with Crippen LogP contribution in [0.2, 0.25) is 0 Å². The molecule has 0 aliphatic rings. The monoisotopic (exact) mass is 306 g/mol. The Balaban J connectivity index is 2.19. The largest absolute Gasteiger partial charge is 0.397 e. The number of aromatic nitrogens is 3. The normalized spacial score (nSPS) is 11.0. The Labute approximate surface area is 110 Å². The molecule has 0 aliphatic carbocycles. The van der Waals surface area contributed by atoms with E-state index < -0.39 is 0 Å². The van der Waals surface area contributed by atoms with Crippen LogP contribution >= 0.6 is 15.9 Å². The Hall–Kier alpha value is -1.95. The van der Waals surface area contributed by atoms with Gasteiger partial charge in [-0.25, -0.2) is 14.4 Å². The average molecular weight is 307 g/mol. The molecule has 0 fully saturated rings. The number of benzene rings is 1. The lowest BCUT2D eigenvalue weighted by Crippen LogP contribution is -1.87. The molecule has 4 nitrogen and oxygen atoms in total. The third-order valence-electron chi connectivity index (χ3n) is 2.55. The van der Waals surface area contributed by atoms with Gasteiger partial charge >= 0.3 is 0 Å². The summed E-state index contributed by atoms with van der Waals surface area (Å²) in [7, 11) is 0. The summed E-state index contributed by atoms with van der Waals surface area (Å²) < 4.78 is 13.7. The van der Waals surface area contributed by atoms with Crippen LogP contribution in [0.25, 0.3) is 22.6 Å². The summed E-state index contributed by atoms with van der Waals surface area (Å²) in [4.78, 5) is 11.4. The highest BCUT2D eigenvalue weighted by molar-refractivity contribution is 9.10. The summed E-state index contributed by atoms with van der Waals surface area (Å²) in [6, 6.07) is 6.57. The van der Waals surface area contributed by atoms with Crippen molar-refractivity contribution in [3.05, 3.63) is 40.8 Å². The fourth-order valence-electron chi connectivity index (χ4n) is 1.74. The van der Waals surface area contributed by atoms with Gasteiger partial charge in [0.05, 0.1) is 17.4 Å². The first-order valence-electron chi connectivity index (χ1n) is 5.20. The first kappa shape index (κ1) is 11.2. The van der Waals surface area contributed by atoms with Crippen LogP contribution < -0.4 is 5.73 Å². The maximum Gasteiger partial charge on any atom is 0.157 e. The van der Waals surface area contributed by atoms with Gasteiger partial charge in [0, 0.05) is 4.47 Å². The molecule has 0 radical (unpaired) electrons. The second-order valence-electron chi connectivity index (χ2n) is 3.84. The van der Waals surface area contributed by atoms with Crippen LogP contribution in [0.4, 0.5) is 10.1 Å². The standard InChI is InChI=1S/C12H8BrFN4/c13-6-3-8(15)11-10(4-6)17-12(18-11)9-2-1-7(14)5-16-9/h1-5H,15H2,(H,17,18). The third-order valence-corrected chi connectivity index (χ3v) is 3.01. The Morgan fingerprint density at radius 1 is 1.28 bits per heavy atom. The van der Waals surface area contributed by atoms with Crippen LogP contribution in [-0.2, 0) is 0 Å². The molecule has 1 aromatic carbocycles. The van der Waals surface area contributed by atoms with Crippen molar-refractivity contribution < 1.29 is 4.39 Å². The highest BCUT2D eigenvalue weighted by Gasteiger charge is 2.09. The minimum absolute atomic E-state index is 0.378. The van der Waals surface area contributed by atoms with E-state index in [9.17, 15) is 4.39 Å². The summed E-state index contributed by atoms with van der Waals surface area (Å²) in [5, 5.41) is 0. The van der Waals surface area contributed by atoms with E-state index in [0.29, 0.717) is 22.7 Å². The SMILES string of the molecule is Nc1cc(Br)cc2[nH]c(-c3ccc(F)cn3)nc12. The molecular weight excluding hydrogens is 299 g/mol. The second kappa shape index (κ2) is 4.06. The first-order chi connectivity index (χ1) is 8.63. The number of anilines is 1. The predicted octanol–water partition coefficient (Wildman–Crippen LogP) is 3.11.